The summed E-state index contributed by atoms with van der Waals surface area (Å²) in [6.07, 6.45) is -2.24. The standard InChI is InChI=1S/C33H35FN2O5.C3H8N2O3/c1-21(2)31-30(33(41)35-25-11-7-4-8-12-25)29(22-9-5-3-6-10-22)32(23-13-15-24(34)16-14-23)36(31)18-17-26(37)19-27(38)20-28(39)40;4-2-1-3-8-5(6)7/h3-16,21,26-27,37-38H,17-20H2,1-2H3,(H,35,41)(H,39,40);1-4H2/p-1/t26-,27-;/m1./s1. The summed E-state index contributed by atoms with van der Waals surface area (Å²) in [6.45, 7) is 4.75. The molecule has 1 heterocycles. The van der Waals surface area contributed by atoms with E-state index in [2.05, 4.69) is 10.2 Å². The van der Waals surface area contributed by atoms with E-state index in [1.165, 1.54) is 12.1 Å². The number of nitrogens with one attached hydrogen (secondary N) is 1. The highest BCUT2D eigenvalue weighted by atomic mass is 19.1. The van der Waals surface area contributed by atoms with Gasteiger partial charge in [0.1, 0.15) is 5.82 Å². The quantitative estimate of drug-likeness (QED) is 0.0749. The maximum Gasteiger partial charge on any atom is 0.294 e. The highest BCUT2D eigenvalue weighted by molar-refractivity contribution is 6.12. The van der Waals surface area contributed by atoms with Crippen LogP contribution in [0.25, 0.3) is 22.4 Å². The number of carbonyl (C=O) groups excluding carboxylic acids is 2. The van der Waals surface area contributed by atoms with E-state index < -0.39 is 35.5 Å². The maximum absolute atomic E-state index is 14.0. The van der Waals surface area contributed by atoms with Crippen LogP contribution in [0.2, 0.25) is 0 Å². The van der Waals surface area contributed by atoms with Crippen LogP contribution in [0, 0.1) is 15.9 Å². The van der Waals surface area contributed by atoms with Crippen molar-refractivity contribution >= 4 is 17.6 Å². The van der Waals surface area contributed by atoms with Gasteiger partial charge in [0.15, 0.2) is 0 Å². The number of halogens is 1. The summed E-state index contributed by atoms with van der Waals surface area (Å²) in [5, 5.41) is 43.2. The molecule has 0 fully saturated rings. The smallest absolute Gasteiger partial charge is 0.294 e. The molecule has 12 nitrogen and oxygen atoms in total. The SMILES string of the molecule is CC(C)c1c(C(=O)Nc2ccccc2)c(-c2ccccc2)c(-c2ccc(F)cc2)n1CC[C@@H](O)C[C@@H](O)CC(=O)[O-].NCCCO[N+](=O)[O-]. The van der Waals surface area contributed by atoms with Crippen LogP contribution in [0.3, 0.4) is 0 Å². The number of carbonyl (C=O) groups is 2. The Morgan fingerprint density at radius 3 is 2.12 bits per heavy atom. The van der Waals surface area contributed by atoms with Crippen LogP contribution in [0.5, 0.6) is 0 Å². The van der Waals surface area contributed by atoms with E-state index in [-0.39, 0.29) is 37.8 Å². The summed E-state index contributed by atoms with van der Waals surface area (Å²) in [7, 11) is 0. The second-order valence-corrected chi connectivity index (χ2v) is 11.6. The molecule has 0 bridgehead atoms. The number of hydrogen-bond donors (Lipinski definition) is 4. The number of aliphatic hydroxyl groups excluding tert-OH is 2. The number of amides is 1. The lowest BCUT2D eigenvalue weighted by Crippen LogP contribution is -2.29. The second kappa shape index (κ2) is 19.0. The predicted octanol–water partition coefficient (Wildman–Crippen LogP) is 4.52. The number of para-hydroxylation sites is 1. The Bertz CT molecular complexity index is 1650. The molecule has 0 spiro atoms. The topological polar surface area (TPSA) is 193 Å². The zero-order valence-electron chi connectivity index (χ0n) is 27.5. The first-order valence-electron chi connectivity index (χ1n) is 15.9. The molecule has 0 aliphatic carbocycles. The normalized spacial score (nSPS) is 12.1. The lowest BCUT2D eigenvalue weighted by atomic mass is 9.94. The van der Waals surface area contributed by atoms with Gasteiger partial charge in [0, 0.05) is 35.9 Å². The lowest BCUT2D eigenvalue weighted by molar-refractivity contribution is -0.757. The van der Waals surface area contributed by atoms with Gasteiger partial charge in [0.2, 0.25) is 0 Å². The minimum atomic E-state index is -1.39. The number of hydrogen-bond acceptors (Lipinski definition) is 9. The van der Waals surface area contributed by atoms with E-state index in [0.29, 0.717) is 41.0 Å². The van der Waals surface area contributed by atoms with Gasteiger partial charge in [-0.25, -0.2) is 4.39 Å². The Morgan fingerprint density at radius 2 is 1.57 bits per heavy atom. The number of carboxylic acids is 1. The summed E-state index contributed by atoms with van der Waals surface area (Å²) in [4.78, 5) is 38.2. The molecule has 3 aromatic carbocycles. The molecule has 4 aromatic rings. The fourth-order valence-corrected chi connectivity index (χ4v) is 5.42. The van der Waals surface area contributed by atoms with E-state index in [4.69, 9.17) is 5.73 Å². The number of aliphatic hydroxyl groups is 2. The van der Waals surface area contributed by atoms with Crippen molar-refractivity contribution in [3.63, 3.8) is 0 Å². The van der Waals surface area contributed by atoms with Crippen LogP contribution < -0.4 is 16.2 Å². The first-order chi connectivity index (χ1) is 23.4. The number of benzene rings is 3. The van der Waals surface area contributed by atoms with E-state index >= 15 is 0 Å². The van der Waals surface area contributed by atoms with Gasteiger partial charge in [-0.2, -0.15) is 0 Å². The molecule has 4 rings (SSSR count). The van der Waals surface area contributed by atoms with Crippen molar-refractivity contribution in [3.8, 4) is 22.4 Å². The molecule has 262 valence electrons. The Hall–Kier alpha value is -5.11. The minimum Gasteiger partial charge on any atom is -0.550 e. The van der Waals surface area contributed by atoms with E-state index in [0.717, 1.165) is 11.3 Å². The summed E-state index contributed by atoms with van der Waals surface area (Å²) >= 11 is 0. The summed E-state index contributed by atoms with van der Waals surface area (Å²) < 4.78 is 16.0. The van der Waals surface area contributed by atoms with E-state index in [1.807, 2.05) is 66.9 Å². The summed E-state index contributed by atoms with van der Waals surface area (Å²) in [5.74, 6) is -2.20. The molecule has 0 unspecified atom stereocenters. The van der Waals surface area contributed by atoms with Crippen molar-refractivity contribution in [2.75, 3.05) is 18.5 Å². The van der Waals surface area contributed by atoms with Crippen molar-refractivity contribution in [3.05, 3.63) is 112 Å². The van der Waals surface area contributed by atoms with Gasteiger partial charge < -0.3 is 40.6 Å². The van der Waals surface area contributed by atoms with Gasteiger partial charge in [-0.15, -0.1) is 10.1 Å². The molecule has 5 N–H and O–H groups in total. The monoisotopic (exact) mass is 677 g/mol. The Kier molecular flexibility index (Phi) is 14.9. The largest absolute Gasteiger partial charge is 0.550 e. The molecule has 2 atom stereocenters. The molecule has 1 amide bonds. The van der Waals surface area contributed by atoms with Crippen LogP contribution in [0.15, 0.2) is 84.9 Å². The number of carboxylic acid groups (broad SMARTS) is 1. The van der Waals surface area contributed by atoms with E-state index in [9.17, 15) is 39.4 Å². The van der Waals surface area contributed by atoms with Crippen molar-refractivity contribution in [1.29, 1.82) is 0 Å². The average Bonchev–Trinajstić information content (AvgIpc) is 3.40. The third-order valence-electron chi connectivity index (χ3n) is 7.47. The molecule has 49 heavy (non-hydrogen) atoms. The molecule has 0 aliphatic heterocycles. The highest BCUT2D eigenvalue weighted by Crippen LogP contribution is 2.42. The third kappa shape index (κ3) is 11.5. The zero-order chi connectivity index (χ0) is 35.9. The van der Waals surface area contributed by atoms with Crippen LogP contribution in [0.1, 0.15) is 61.5 Å². The van der Waals surface area contributed by atoms with Gasteiger partial charge in [-0.05, 0) is 79.3 Å². The molecule has 0 aliphatic rings. The molecule has 13 heteroatoms. The molecular weight excluding hydrogens is 635 g/mol. The fourth-order valence-electron chi connectivity index (χ4n) is 5.42. The average molecular weight is 678 g/mol. The number of rotatable bonds is 16. The Labute approximate surface area is 284 Å². The second-order valence-electron chi connectivity index (χ2n) is 11.6. The Balaban J connectivity index is 0.000000723. The molecule has 1 aromatic heterocycles. The Morgan fingerprint density at radius 1 is 0.959 bits per heavy atom. The van der Waals surface area contributed by atoms with Crippen LogP contribution in [0.4, 0.5) is 10.1 Å². The molecule has 0 saturated carbocycles. The van der Waals surface area contributed by atoms with E-state index in [1.54, 1.807) is 24.3 Å². The minimum absolute atomic E-state index is 0.101. The third-order valence-corrected chi connectivity index (χ3v) is 7.47. The number of nitrogens with zero attached hydrogens (tertiary/aromatic N) is 2. The molecular formula is C36H42FN4O8-. The molecule has 0 radical (unpaired) electrons. The molecule has 0 saturated heterocycles. The van der Waals surface area contributed by atoms with Gasteiger partial charge in [-0.1, -0.05) is 62.4 Å². The van der Waals surface area contributed by atoms with Crippen LogP contribution in [-0.2, 0) is 16.2 Å². The van der Waals surface area contributed by atoms with Gasteiger partial charge in [0.25, 0.3) is 11.0 Å². The highest BCUT2D eigenvalue weighted by Gasteiger charge is 2.30. The van der Waals surface area contributed by atoms with Crippen LogP contribution >= 0.6 is 0 Å². The van der Waals surface area contributed by atoms with Gasteiger partial charge in [-0.3, -0.25) is 4.79 Å². The maximum atomic E-state index is 14.0. The van der Waals surface area contributed by atoms with Gasteiger partial charge in [0.05, 0.1) is 30.1 Å². The lowest BCUT2D eigenvalue weighted by Gasteiger charge is -2.20. The van der Waals surface area contributed by atoms with Crippen LogP contribution in [-0.4, -0.2) is 57.1 Å². The fraction of sp³-hybridized carbons (Fsp3) is 0.333. The van der Waals surface area contributed by atoms with Crippen molar-refractivity contribution < 1.29 is 39.2 Å². The van der Waals surface area contributed by atoms with Gasteiger partial charge >= 0.3 is 0 Å². The number of nitrogens with two attached hydrogens (primary N) is 1. The summed E-state index contributed by atoms with van der Waals surface area (Å²) in [5.41, 5.74) is 9.73. The first kappa shape index (κ1) is 38.3. The zero-order valence-corrected chi connectivity index (χ0v) is 27.5. The van der Waals surface area contributed by atoms with Crippen molar-refractivity contribution in [2.45, 2.75) is 64.2 Å². The number of aliphatic carboxylic acids is 1. The predicted molar refractivity (Wildman–Crippen MR) is 181 cm³/mol. The van der Waals surface area contributed by atoms with Crippen molar-refractivity contribution in [2.24, 2.45) is 5.73 Å². The first-order valence-corrected chi connectivity index (χ1v) is 15.9. The summed E-state index contributed by atoms with van der Waals surface area (Å²) in [6, 6.07) is 24.7. The number of aromatic nitrogens is 1. The number of anilines is 1. The van der Waals surface area contributed by atoms with Crippen molar-refractivity contribution in [1.82, 2.24) is 4.57 Å².